The van der Waals surface area contributed by atoms with Crippen LogP contribution in [0.3, 0.4) is 0 Å². The van der Waals surface area contributed by atoms with Gasteiger partial charge in [0.1, 0.15) is 22.9 Å². The SMILES string of the molecule is COc1ccc(N=C2C(=O)N(c3ccc(CN4CCNCC4)c(OC)c3)CCC2=C(N)C(N)=O)cc1. The van der Waals surface area contributed by atoms with E-state index in [0.717, 1.165) is 38.3 Å². The Morgan fingerprint density at radius 1 is 1.03 bits per heavy atom. The third kappa shape index (κ3) is 5.50. The van der Waals surface area contributed by atoms with Crippen LogP contribution in [-0.2, 0) is 16.1 Å². The molecule has 2 aliphatic heterocycles. The molecule has 10 nitrogen and oxygen atoms in total. The van der Waals surface area contributed by atoms with Gasteiger partial charge in [-0.1, -0.05) is 6.07 Å². The van der Waals surface area contributed by atoms with Gasteiger partial charge in [-0.2, -0.15) is 0 Å². The number of carbonyl (C=O) groups is 2. The van der Waals surface area contributed by atoms with Crippen molar-refractivity contribution in [1.82, 2.24) is 10.2 Å². The molecular formula is C26H32N6O4. The average molecular weight is 493 g/mol. The number of carbonyl (C=O) groups excluding carboxylic acids is 2. The number of nitrogens with two attached hydrogens (primary N) is 2. The lowest BCUT2D eigenvalue weighted by Crippen LogP contribution is -2.45. The van der Waals surface area contributed by atoms with Crippen molar-refractivity contribution in [3.8, 4) is 11.5 Å². The van der Waals surface area contributed by atoms with Gasteiger partial charge in [0.05, 0.1) is 19.9 Å². The molecule has 10 heteroatoms. The summed E-state index contributed by atoms with van der Waals surface area (Å²) in [6, 6.07) is 12.7. The molecule has 36 heavy (non-hydrogen) atoms. The molecule has 4 rings (SSSR count). The maximum absolute atomic E-state index is 13.7. The van der Waals surface area contributed by atoms with Crippen molar-refractivity contribution in [2.24, 2.45) is 16.5 Å². The lowest BCUT2D eigenvalue weighted by atomic mass is 9.97. The zero-order chi connectivity index (χ0) is 25.7. The summed E-state index contributed by atoms with van der Waals surface area (Å²) in [5, 5.41) is 3.36. The first kappa shape index (κ1) is 25.2. The molecule has 2 amide bonds. The number of anilines is 1. The van der Waals surface area contributed by atoms with Crippen LogP contribution in [0.2, 0.25) is 0 Å². The van der Waals surface area contributed by atoms with Crippen LogP contribution in [0.4, 0.5) is 11.4 Å². The normalized spacial score (nSPS) is 19.3. The second-order valence-electron chi connectivity index (χ2n) is 8.64. The molecule has 2 aromatic rings. The Labute approximate surface area is 210 Å². The minimum absolute atomic E-state index is 0.0894. The zero-order valence-corrected chi connectivity index (χ0v) is 20.6. The summed E-state index contributed by atoms with van der Waals surface area (Å²) in [5.74, 6) is 0.224. The Hall–Kier alpha value is -3.89. The minimum Gasteiger partial charge on any atom is -0.497 e. The number of primary amides is 1. The minimum atomic E-state index is -0.785. The number of rotatable bonds is 7. The number of aliphatic imine (C=N–C) groups is 1. The number of ether oxygens (including phenoxy) is 2. The molecular weight excluding hydrogens is 460 g/mol. The van der Waals surface area contributed by atoms with Crippen LogP contribution in [0.1, 0.15) is 12.0 Å². The summed E-state index contributed by atoms with van der Waals surface area (Å²) in [4.78, 5) is 34.0. The monoisotopic (exact) mass is 492 g/mol. The predicted octanol–water partition coefficient (Wildman–Crippen LogP) is 1.32. The third-order valence-electron chi connectivity index (χ3n) is 6.41. The van der Waals surface area contributed by atoms with E-state index in [1.54, 1.807) is 43.4 Å². The highest BCUT2D eigenvalue weighted by atomic mass is 16.5. The van der Waals surface area contributed by atoms with Crippen molar-refractivity contribution in [2.45, 2.75) is 13.0 Å². The number of piperidine rings is 1. The first-order valence-corrected chi connectivity index (χ1v) is 11.8. The van der Waals surface area contributed by atoms with Gasteiger partial charge in [-0.3, -0.25) is 14.5 Å². The van der Waals surface area contributed by atoms with Crippen LogP contribution in [0.25, 0.3) is 0 Å². The largest absolute Gasteiger partial charge is 0.497 e. The molecule has 190 valence electrons. The van der Waals surface area contributed by atoms with E-state index >= 15 is 0 Å². The van der Waals surface area contributed by atoms with E-state index < -0.39 is 5.91 Å². The molecule has 2 fully saturated rings. The van der Waals surface area contributed by atoms with Gasteiger partial charge in [-0.25, -0.2) is 4.99 Å². The van der Waals surface area contributed by atoms with E-state index in [0.29, 0.717) is 41.4 Å². The summed E-state index contributed by atoms with van der Waals surface area (Å²) in [6.07, 6.45) is 0.334. The maximum Gasteiger partial charge on any atom is 0.277 e. The van der Waals surface area contributed by atoms with Crippen LogP contribution < -0.4 is 31.2 Å². The molecule has 0 aliphatic carbocycles. The van der Waals surface area contributed by atoms with E-state index in [2.05, 4.69) is 15.2 Å². The van der Waals surface area contributed by atoms with Gasteiger partial charge in [-0.15, -0.1) is 0 Å². The summed E-state index contributed by atoms with van der Waals surface area (Å²) in [6.45, 7) is 4.95. The lowest BCUT2D eigenvalue weighted by molar-refractivity contribution is -0.114. The fourth-order valence-corrected chi connectivity index (χ4v) is 4.40. The van der Waals surface area contributed by atoms with E-state index in [9.17, 15) is 9.59 Å². The van der Waals surface area contributed by atoms with Crippen molar-refractivity contribution < 1.29 is 19.1 Å². The zero-order valence-electron chi connectivity index (χ0n) is 20.6. The summed E-state index contributed by atoms with van der Waals surface area (Å²) in [7, 11) is 3.20. The quantitative estimate of drug-likeness (QED) is 0.496. The number of nitrogens with zero attached hydrogens (tertiary/aromatic N) is 3. The molecule has 0 spiro atoms. The highest BCUT2D eigenvalue weighted by molar-refractivity contribution is 6.51. The first-order chi connectivity index (χ1) is 17.4. The van der Waals surface area contributed by atoms with Crippen LogP contribution in [0.5, 0.6) is 11.5 Å². The first-order valence-electron chi connectivity index (χ1n) is 11.8. The highest BCUT2D eigenvalue weighted by Crippen LogP contribution is 2.31. The summed E-state index contributed by atoms with van der Waals surface area (Å²) >= 11 is 0. The van der Waals surface area contributed by atoms with E-state index in [1.165, 1.54) is 0 Å². The molecule has 5 N–H and O–H groups in total. The van der Waals surface area contributed by atoms with Crippen LogP contribution >= 0.6 is 0 Å². The van der Waals surface area contributed by atoms with Crippen LogP contribution in [-0.4, -0.2) is 69.4 Å². The van der Waals surface area contributed by atoms with Gasteiger partial charge in [0.2, 0.25) is 0 Å². The number of piperazine rings is 1. The molecule has 2 aliphatic rings. The lowest BCUT2D eigenvalue weighted by Gasteiger charge is -2.31. The van der Waals surface area contributed by atoms with Gasteiger partial charge >= 0.3 is 0 Å². The molecule has 2 aromatic carbocycles. The van der Waals surface area contributed by atoms with E-state index in [-0.39, 0.29) is 17.3 Å². The van der Waals surface area contributed by atoms with Gasteiger partial charge in [0.25, 0.3) is 11.8 Å². The molecule has 0 aromatic heterocycles. The number of nitrogens with one attached hydrogen (secondary N) is 1. The highest BCUT2D eigenvalue weighted by Gasteiger charge is 2.32. The molecule has 0 saturated carbocycles. The fraction of sp³-hybridized carbons (Fsp3) is 0.346. The fourth-order valence-electron chi connectivity index (χ4n) is 4.40. The molecule has 0 bridgehead atoms. The van der Waals surface area contributed by atoms with Crippen molar-refractivity contribution >= 4 is 28.9 Å². The second-order valence-corrected chi connectivity index (χ2v) is 8.64. The molecule has 0 radical (unpaired) electrons. The Morgan fingerprint density at radius 3 is 2.39 bits per heavy atom. The van der Waals surface area contributed by atoms with Crippen LogP contribution in [0, 0.1) is 0 Å². The van der Waals surface area contributed by atoms with E-state index in [4.69, 9.17) is 20.9 Å². The Balaban J connectivity index is 1.66. The number of hydrogen-bond acceptors (Lipinski definition) is 8. The average Bonchev–Trinajstić information content (AvgIpc) is 2.90. The molecule has 2 saturated heterocycles. The number of methoxy groups -OCH3 is 2. The van der Waals surface area contributed by atoms with Gasteiger partial charge in [0, 0.05) is 62.2 Å². The Kier molecular flexibility index (Phi) is 7.87. The van der Waals surface area contributed by atoms with Gasteiger partial charge in [-0.05, 0) is 36.8 Å². The maximum atomic E-state index is 13.7. The van der Waals surface area contributed by atoms with Crippen molar-refractivity contribution in [3.63, 3.8) is 0 Å². The van der Waals surface area contributed by atoms with Crippen molar-refractivity contribution in [3.05, 3.63) is 59.3 Å². The van der Waals surface area contributed by atoms with Crippen molar-refractivity contribution in [2.75, 3.05) is 51.8 Å². The Morgan fingerprint density at radius 2 is 1.75 bits per heavy atom. The van der Waals surface area contributed by atoms with Gasteiger partial charge in [0.15, 0.2) is 0 Å². The van der Waals surface area contributed by atoms with Crippen LogP contribution in [0.15, 0.2) is 58.7 Å². The number of amides is 2. The predicted molar refractivity (Wildman–Crippen MR) is 139 cm³/mol. The standard InChI is InChI=1S/C26H32N6O4/c1-35-20-7-4-18(5-8-20)30-24-21(23(27)25(28)33)9-12-32(26(24)34)19-6-3-17(22(15-19)36-2)16-31-13-10-29-11-14-31/h3-8,15,29H,9-14,16,27H2,1-2H3,(H2,28,33). The topological polar surface area (TPSA) is 136 Å². The number of hydrogen-bond donors (Lipinski definition) is 3. The molecule has 0 unspecified atom stereocenters. The summed E-state index contributed by atoms with van der Waals surface area (Å²) < 4.78 is 10.9. The smallest absolute Gasteiger partial charge is 0.277 e. The van der Waals surface area contributed by atoms with E-state index in [1.807, 2.05) is 18.2 Å². The third-order valence-corrected chi connectivity index (χ3v) is 6.41. The van der Waals surface area contributed by atoms with Crippen molar-refractivity contribution in [1.29, 1.82) is 0 Å². The second kappa shape index (κ2) is 11.2. The molecule has 2 heterocycles. The van der Waals surface area contributed by atoms with Gasteiger partial charge < -0.3 is 31.2 Å². The summed E-state index contributed by atoms with van der Waals surface area (Å²) in [5.41, 5.74) is 14.0. The number of benzene rings is 2. The molecule has 0 atom stereocenters. The Bertz CT molecular complexity index is 1190.